The molecule has 0 spiro atoms. The first-order valence-electron chi connectivity index (χ1n) is 9.49. The Balaban J connectivity index is 2.10. The second kappa shape index (κ2) is 12.3. The fourth-order valence-electron chi connectivity index (χ4n) is 2.51. The molecule has 2 rings (SSSR count). The molecule has 7 nitrogen and oxygen atoms in total. The lowest BCUT2D eigenvalue weighted by Gasteiger charge is -2.15. The Morgan fingerprint density at radius 3 is 2.63 bits per heavy atom. The number of nitrogens with one attached hydrogen (secondary N) is 3. The number of unbranched alkanes of at least 4 members (excludes halogenated alkanes) is 1. The third-order valence-electron chi connectivity index (χ3n) is 3.99. The normalized spacial score (nSPS) is 10.2. The van der Waals surface area contributed by atoms with Gasteiger partial charge >= 0.3 is 0 Å². The number of carbonyl (C=O) groups excluding carboxylic acids is 2. The number of benzene rings is 2. The molecule has 0 radical (unpaired) electrons. The van der Waals surface area contributed by atoms with Crippen LogP contribution in [-0.2, 0) is 0 Å². The number of halogens is 1. The predicted molar refractivity (Wildman–Crippen MR) is 124 cm³/mol. The Morgan fingerprint density at radius 1 is 1.13 bits per heavy atom. The number of aliphatic hydroxyl groups is 1. The lowest BCUT2D eigenvalue weighted by atomic mass is 10.1. The van der Waals surface area contributed by atoms with Gasteiger partial charge in [0, 0.05) is 11.0 Å². The molecule has 0 aliphatic heterocycles. The van der Waals surface area contributed by atoms with Crippen molar-refractivity contribution in [2.24, 2.45) is 0 Å². The van der Waals surface area contributed by atoms with Gasteiger partial charge in [-0.1, -0.05) is 41.4 Å². The molecule has 2 aromatic rings. The van der Waals surface area contributed by atoms with Gasteiger partial charge in [0.25, 0.3) is 11.8 Å². The van der Waals surface area contributed by atoms with Gasteiger partial charge in [-0.15, -0.1) is 0 Å². The minimum atomic E-state index is -0.428. The summed E-state index contributed by atoms with van der Waals surface area (Å²) in [6.07, 6.45) is 1.86. The number of ether oxygens (including phenoxy) is 1. The molecule has 160 valence electrons. The molecule has 0 fully saturated rings. The Hall–Kier alpha value is -2.49. The molecule has 0 unspecified atom stereocenters. The van der Waals surface area contributed by atoms with Crippen LogP contribution in [0.2, 0.25) is 0 Å². The van der Waals surface area contributed by atoms with Crippen LogP contribution in [0.25, 0.3) is 0 Å². The molecule has 0 aliphatic rings. The summed E-state index contributed by atoms with van der Waals surface area (Å²) in [5.74, 6) is -0.321. The van der Waals surface area contributed by atoms with Crippen LogP contribution in [0.15, 0.2) is 46.9 Å². The van der Waals surface area contributed by atoms with Crippen molar-refractivity contribution in [1.82, 2.24) is 10.6 Å². The second-order valence-electron chi connectivity index (χ2n) is 6.28. The molecular weight excluding hydrogens is 470 g/mol. The minimum absolute atomic E-state index is 0.0434. The lowest BCUT2D eigenvalue weighted by molar-refractivity contribution is 0.0944. The van der Waals surface area contributed by atoms with Gasteiger partial charge in [0.2, 0.25) is 0 Å². The molecule has 9 heteroatoms. The van der Waals surface area contributed by atoms with E-state index in [1.165, 1.54) is 0 Å². The first kappa shape index (κ1) is 23.8. The molecule has 0 aromatic heterocycles. The van der Waals surface area contributed by atoms with Crippen molar-refractivity contribution in [1.29, 1.82) is 0 Å². The summed E-state index contributed by atoms with van der Waals surface area (Å²) in [5, 5.41) is 17.0. The maximum absolute atomic E-state index is 12.8. The van der Waals surface area contributed by atoms with Crippen LogP contribution in [0, 0.1) is 0 Å². The van der Waals surface area contributed by atoms with Crippen molar-refractivity contribution in [2.45, 2.75) is 19.8 Å². The van der Waals surface area contributed by atoms with Crippen LogP contribution in [0.3, 0.4) is 0 Å². The van der Waals surface area contributed by atoms with E-state index < -0.39 is 5.91 Å². The molecule has 0 saturated heterocycles. The number of carbonyl (C=O) groups is 2. The summed E-state index contributed by atoms with van der Waals surface area (Å²) < 4.78 is 6.46. The maximum atomic E-state index is 12.8. The number of amides is 2. The fourth-order valence-corrected chi connectivity index (χ4v) is 3.07. The molecule has 30 heavy (non-hydrogen) atoms. The van der Waals surface area contributed by atoms with E-state index in [-0.39, 0.29) is 24.2 Å². The zero-order valence-electron chi connectivity index (χ0n) is 16.5. The van der Waals surface area contributed by atoms with E-state index in [9.17, 15) is 9.59 Å². The smallest absolute Gasteiger partial charge is 0.261 e. The number of hydrogen-bond acceptors (Lipinski definition) is 5. The molecule has 0 atom stereocenters. The number of aliphatic hydroxyl groups excluding tert-OH is 1. The molecule has 0 aliphatic carbocycles. The summed E-state index contributed by atoms with van der Waals surface area (Å²) >= 11 is 8.63. The number of hydrogen-bond donors (Lipinski definition) is 4. The highest BCUT2D eigenvalue weighted by Gasteiger charge is 2.16. The third kappa shape index (κ3) is 7.08. The number of anilines is 1. The Morgan fingerprint density at radius 2 is 1.90 bits per heavy atom. The highest BCUT2D eigenvalue weighted by atomic mass is 79.9. The SMILES string of the molecule is CCCCOc1ccc(Br)cc1C(=O)NC(=S)Nc1ccccc1C(=O)NCCO. The Labute approximate surface area is 189 Å². The summed E-state index contributed by atoms with van der Waals surface area (Å²) in [6.45, 7) is 2.55. The quantitative estimate of drug-likeness (QED) is 0.315. The van der Waals surface area contributed by atoms with Gasteiger partial charge in [-0.2, -0.15) is 0 Å². The number of thiocarbonyl (C=S) groups is 1. The van der Waals surface area contributed by atoms with E-state index >= 15 is 0 Å². The van der Waals surface area contributed by atoms with Gasteiger partial charge in [0.15, 0.2) is 5.11 Å². The first-order chi connectivity index (χ1) is 14.5. The van der Waals surface area contributed by atoms with E-state index in [0.29, 0.717) is 29.2 Å². The molecule has 0 bridgehead atoms. The van der Waals surface area contributed by atoms with Gasteiger partial charge < -0.3 is 20.5 Å². The summed E-state index contributed by atoms with van der Waals surface area (Å²) in [6, 6.07) is 11.9. The Bertz CT molecular complexity index is 908. The van der Waals surface area contributed by atoms with E-state index in [0.717, 1.165) is 17.3 Å². The van der Waals surface area contributed by atoms with Crippen LogP contribution < -0.4 is 20.7 Å². The van der Waals surface area contributed by atoms with Crippen molar-refractivity contribution in [3.63, 3.8) is 0 Å². The van der Waals surface area contributed by atoms with Gasteiger partial charge in [-0.25, -0.2) is 0 Å². The molecule has 0 saturated carbocycles. The summed E-state index contributed by atoms with van der Waals surface area (Å²) in [5.41, 5.74) is 1.12. The zero-order chi connectivity index (χ0) is 21.9. The summed E-state index contributed by atoms with van der Waals surface area (Å²) in [7, 11) is 0. The van der Waals surface area contributed by atoms with Crippen LogP contribution in [-0.4, -0.2) is 41.8 Å². The van der Waals surface area contributed by atoms with Gasteiger partial charge in [0.1, 0.15) is 5.75 Å². The minimum Gasteiger partial charge on any atom is -0.493 e. The average molecular weight is 494 g/mol. The monoisotopic (exact) mass is 493 g/mol. The van der Waals surface area contributed by atoms with Crippen molar-refractivity contribution < 1.29 is 19.4 Å². The highest BCUT2D eigenvalue weighted by molar-refractivity contribution is 9.10. The van der Waals surface area contributed by atoms with Gasteiger partial charge in [-0.3, -0.25) is 14.9 Å². The van der Waals surface area contributed by atoms with Crippen LogP contribution in [0.1, 0.15) is 40.5 Å². The van der Waals surface area contributed by atoms with Crippen LogP contribution in [0.4, 0.5) is 5.69 Å². The predicted octanol–water partition coefficient (Wildman–Crippen LogP) is 3.48. The van der Waals surface area contributed by atoms with Crippen molar-refractivity contribution in [2.75, 3.05) is 25.1 Å². The standard InChI is InChI=1S/C21H24BrN3O4S/c1-2-3-12-29-18-9-8-14(22)13-16(18)20(28)25-21(30)24-17-7-5-4-6-15(17)19(27)23-10-11-26/h4-9,13,26H,2-3,10-12H2,1H3,(H,23,27)(H2,24,25,28,30). The summed E-state index contributed by atoms with van der Waals surface area (Å²) in [4.78, 5) is 25.0. The Kier molecular flexibility index (Phi) is 9.72. The molecular formula is C21H24BrN3O4S. The van der Waals surface area contributed by atoms with Crippen LogP contribution in [0.5, 0.6) is 5.75 Å². The van der Waals surface area contributed by atoms with E-state index in [1.54, 1.807) is 42.5 Å². The average Bonchev–Trinajstić information content (AvgIpc) is 2.73. The van der Waals surface area contributed by atoms with Crippen molar-refractivity contribution in [3.8, 4) is 5.75 Å². The second-order valence-corrected chi connectivity index (χ2v) is 7.60. The molecule has 4 N–H and O–H groups in total. The lowest BCUT2D eigenvalue weighted by Crippen LogP contribution is -2.35. The topological polar surface area (TPSA) is 99.7 Å². The van der Waals surface area contributed by atoms with Crippen LogP contribution >= 0.6 is 28.1 Å². The molecule has 2 amide bonds. The van der Waals surface area contributed by atoms with E-state index in [4.69, 9.17) is 22.1 Å². The largest absolute Gasteiger partial charge is 0.493 e. The maximum Gasteiger partial charge on any atom is 0.261 e. The van der Waals surface area contributed by atoms with Gasteiger partial charge in [-0.05, 0) is 49.0 Å². The third-order valence-corrected chi connectivity index (χ3v) is 4.68. The van der Waals surface area contributed by atoms with E-state index in [2.05, 4.69) is 38.8 Å². The molecule has 2 aromatic carbocycles. The first-order valence-corrected chi connectivity index (χ1v) is 10.7. The number of para-hydroxylation sites is 1. The van der Waals surface area contributed by atoms with Crippen molar-refractivity contribution >= 4 is 50.8 Å². The number of rotatable bonds is 9. The zero-order valence-corrected chi connectivity index (χ0v) is 18.9. The van der Waals surface area contributed by atoms with Gasteiger partial charge in [0.05, 0.1) is 30.0 Å². The van der Waals surface area contributed by atoms with Crippen molar-refractivity contribution in [3.05, 3.63) is 58.1 Å². The van der Waals surface area contributed by atoms with E-state index in [1.807, 2.05) is 0 Å². The molecule has 0 heterocycles. The highest BCUT2D eigenvalue weighted by Crippen LogP contribution is 2.24. The fraction of sp³-hybridized carbons (Fsp3) is 0.286.